The van der Waals surface area contributed by atoms with Crippen molar-refractivity contribution in [3.8, 4) is 0 Å². The molecule has 1 saturated carbocycles. The van der Waals surface area contributed by atoms with Crippen molar-refractivity contribution in [2.24, 2.45) is 5.92 Å². The summed E-state index contributed by atoms with van der Waals surface area (Å²) in [4.78, 5) is 11.0. The molecule has 0 amide bonds. The van der Waals surface area contributed by atoms with Crippen molar-refractivity contribution in [3.05, 3.63) is 34.3 Å². The summed E-state index contributed by atoms with van der Waals surface area (Å²) >= 11 is 3.38. The van der Waals surface area contributed by atoms with Gasteiger partial charge < -0.3 is 5.11 Å². The molecule has 0 saturated heterocycles. The van der Waals surface area contributed by atoms with Crippen LogP contribution < -0.4 is 0 Å². The molecule has 0 spiro atoms. The van der Waals surface area contributed by atoms with E-state index >= 15 is 0 Å². The molecular weight excluding hydrogens is 256 g/mol. The van der Waals surface area contributed by atoms with Crippen LogP contribution in [0.3, 0.4) is 0 Å². The molecule has 1 aromatic carbocycles. The SMILES string of the molecule is CC(C(=O)O)C1(c2ccc(Br)cc2)CC1. The predicted molar refractivity (Wildman–Crippen MR) is 61.9 cm³/mol. The maximum Gasteiger partial charge on any atom is 0.307 e. The lowest BCUT2D eigenvalue weighted by molar-refractivity contribution is -0.142. The summed E-state index contributed by atoms with van der Waals surface area (Å²) in [5.74, 6) is -0.992. The molecular formula is C12H13BrO2. The van der Waals surface area contributed by atoms with Crippen molar-refractivity contribution in [2.75, 3.05) is 0 Å². The van der Waals surface area contributed by atoms with Crippen molar-refractivity contribution in [1.29, 1.82) is 0 Å². The second kappa shape index (κ2) is 3.63. The topological polar surface area (TPSA) is 37.3 Å². The number of carboxylic acid groups (broad SMARTS) is 1. The first-order chi connectivity index (χ1) is 7.06. The Morgan fingerprint density at radius 2 is 1.93 bits per heavy atom. The number of hydrogen-bond acceptors (Lipinski definition) is 1. The average molecular weight is 269 g/mol. The summed E-state index contributed by atoms with van der Waals surface area (Å²) in [5.41, 5.74) is 1.05. The molecule has 2 rings (SSSR count). The number of rotatable bonds is 3. The summed E-state index contributed by atoms with van der Waals surface area (Å²) in [7, 11) is 0. The molecule has 80 valence electrons. The maximum absolute atomic E-state index is 11.0. The molecule has 0 radical (unpaired) electrons. The van der Waals surface area contributed by atoms with Crippen LogP contribution in [0.1, 0.15) is 25.3 Å². The molecule has 0 bridgehead atoms. The normalized spacial score (nSPS) is 19.6. The number of halogens is 1. The van der Waals surface area contributed by atoms with E-state index in [-0.39, 0.29) is 11.3 Å². The van der Waals surface area contributed by atoms with E-state index in [0.717, 1.165) is 22.9 Å². The van der Waals surface area contributed by atoms with E-state index in [4.69, 9.17) is 5.11 Å². The van der Waals surface area contributed by atoms with Gasteiger partial charge in [-0.05, 0) is 30.5 Å². The lowest BCUT2D eigenvalue weighted by Gasteiger charge is -2.20. The third-order valence-corrected chi connectivity index (χ3v) is 3.94. The smallest absolute Gasteiger partial charge is 0.307 e. The highest BCUT2D eigenvalue weighted by atomic mass is 79.9. The Balaban J connectivity index is 2.30. The fourth-order valence-corrected chi connectivity index (χ4v) is 2.39. The van der Waals surface area contributed by atoms with E-state index in [0.29, 0.717) is 0 Å². The minimum absolute atomic E-state index is 0.105. The zero-order chi connectivity index (χ0) is 11.1. The van der Waals surface area contributed by atoms with E-state index in [2.05, 4.69) is 15.9 Å². The van der Waals surface area contributed by atoms with Crippen molar-refractivity contribution in [3.63, 3.8) is 0 Å². The molecule has 3 heteroatoms. The Labute approximate surface area is 97.4 Å². The van der Waals surface area contributed by atoms with Crippen LogP contribution in [0.15, 0.2) is 28.7 Å². The summed E-state index contributed by atoms with van der Waals surface area (Å²) in [5, 5.41) is 9.06. The van der Waals surface area contributed by atoms with Crippen LogP contribution in [-0.4, -0.2) is 11.1 Å². The maximum atomic E-state index is 11.0. The first-order valence-corrected chi connectivity index (χ1v) is 5.84. The van der Waals surface area contributed by atoms with Crippen LogP contribution in [0.2, 0.25) is 0 Å². The lowest BCUT2D eigenvalue weighted by atomic mass is 9.84. The van der Waals surface area contributed by atoms with Gasteiger partial charge in [-0.2, -0.15) is 0 Å². The third kappa shape index (κ3) is 1.81. The molecule has 0 aliphatic heterocycles. The number of hydrogen-bond donors (Lipinski definition) is 1. The van der Waals surface area contributed by atoms with Gasteiger partial charge in [-0.1, -0.05) is 35.0 Å². The predicted octanol–water partition coefficient (Wildman–Crippen LogP) is 3.20. The minimum Gasteiger partial charge on any atom is -0.481 e. The van der Waals surface area contributed by atoms with E-state index in [1.54, 1.807) is 6.92 Å². The zero-order valence-corrected chi connectivity index (χ0v) is 10.1. The van der Waals surface area contributed by atoms with Gasteiger partial charge in [0.1, 0.15) is 0 Å². The van der Waals surface area contributed by atoms with Gasteiger partial charge >= 0.3 is 5.97 Å². The Morgan fingerprint density at radius 1 is 1.40 bits per heavy atom. The number of benzene rings is 1. The van der Waals surface area contributed by atoms with Gasteiger partial charge in [0.05, 0.1) is 5.92 Å². The van der Waals surface area contributed by atoms with Gasteiger partial charge in [-0.3, -0.25) is 4.79 Å². The largest absolute Gasteiger partial charge is 0.481 e. The van der Waals surface area contributed by atoms with Crippen LogP contribution in [0.5, 0.6) is 0 Å². The molecule has 0 heterocycles. The molecule has 1 aliphatic carbocycles. The van der Waals surface area contributed by atoms with Crippen molar-refractivity contribution in [1.82, 2.24) is 0 Å². The first kappa shape index (κ1) is 10.7. The monoisotopic (exact) mass is 268 g/mol. The Hall–Kier alpha value is -0.830. The highest BCUT2D eigenvalue weighted by molar-refractivity contribution is 9.10. The van der Waals surface area contributed by atoms with Gasteiger partial charge in [0.15, 0.2) is 0 Å². The summed E-state index contributed by atoms with van der Waals surface area (Å²) in [6, 6.07) is 8.00. The van der Waals surface area contributed by atoms with Gasteiger partial charge in [0.25, 0.3) is 0 Å². The van der Waals surface area contributed by atoms with Gasteiger partial charge in [0.2, 0.25) is 0 Å². The highest BCUT2D eigenvalue weighted by Crippen LogP contribution is 2.54. The Kier molecular flexibility index (Phi) is 2.59. The van der Waals surface area contributed by atoms with E-state index < -0.39 is 5.97 Å². The molecule has 2 nitrogen and oxygen atoms in total. The fraction of sp³-hybridized carbons (Fsp3) is 0.417. The Bertz CT molecular complexity index is 379. The zero-order valence-electron chi connectivity index (χ0n) is 8.53. The second-order valence-electron chi connectivity index (χ2n) is 4.22. The quantitative estimate of drug-likeness (QED) is 0.914. The van der Waals surface area contributed by atoms with Crippen LogP contribution in [-0.2, 0) is 10.2 Å². The highest BCUT2D eigenvalue weighted by Gasteiger charge is 2.51. The van der Waals surface area contributed by atoms with Crippen molar-refractivity contribution < 1.29 is 9.90 Å². The van der Waals surface area contributed by atoms with E-state index in [9.17, 15) is 4.79 Å². The van der Waals surface area contributed by atoms with E-state index in [1.165, 1.54) is 0 Å². The molecule has 1 fully saturated rings. The third-order valence-electron chi connectivity index (χ3n) is 3.41. The molecule has 15 heavy (non-hydrogen) atoms. The van der Waals surface area contributed by atoms with Crippen molar-refractivity contribution >= 4 is 21.9 Å². The molecule has 0 aromatic heterocycles. The van der Waals surface area contributed by atoms with E-state index in [1.807, 2.05) is 24.3 Å². The molecule has 1 atom stereocenters. The number of carbonyl (C=O) groups is 1. The van der Waals surface area contributed by atoms with Crippen LogP contribution >= 0.6 is 15.9 Å². The van der Waals surface area contributed by atoms with Crippen LogP contribution in [0.25, 0.3) is 0 Å². The fourth-order valence-electron chi connectivity index (χ4n) is 2.12. The summed E-state index contributed by atoms with van der Waals surface area (Å²) in [6.45, 7) is 1.80. The van der Waals surface area contributed by atoms with Gasteiger partial charge in [-0.25, -0.2) is 0 Å². The molecule has 1 aromatic rings. The molecule has 1 N–H and O–H groups in total. The molecule has 1 aliphatic rings. The Morgan fingerprint density at radius 3 is 2.33 bits per heavy atom. The number of aliphatic carboxylic acids is 1. The average Bonchev–Trinajstić information content (AvgIpc) is 2.99. The standard InChI is InChI=1S/C12H13BrO2/c1-8(11(14)15)12(6-7-12)9-2-4-10(13)5-3-9/h2-5,8H,6-7H2,1H3,(H,14,15). The molecule has 1 unspecified atom stereocenters. The van der Waals surface area contributed by atoms with Crippen LogP contribution in [0.4, 0.5) is 0 Å². The minimum atomic E-state index is -0.699. The number of carboxylic acids is 1. The van der Waals surface area contributed by atoms with Gasteiger partial charge in [0, 0.05) is 9.89 Å². The first-order valence-electron chi connectivity index (χ1n) is 5.05. The van der Waals surface area contributed by atoms with Crippen molar-refractivity contribution in [2.45, 2.75) is 25.2 Å². The van der Waals surface area contributed by atoms with Crippen LogP contribution in [0, 0.1) is 5.92 Å². The lowest BCUT2D eigenvalue weighted by Crippen LogP contribution is -2.25. The van der Waals surface area contributed by atoms with Gasteiger partial charge in [-0.15, -0.1) is 0 Å². The second-order valence-corrected chi connectivity index (χ2v) is 5.14. The summed E-state index contributed by atoms with van der Waals surface area (Å²) < 4.78 is 1.03. The summed E-state index contributed by atoms with van der Waals surface area (Å²) in [6.07, 6.45) is 1.98.